The van der Waals surface area contributed by atoms with Crippen molar-refractivity contribution in [1.82, 2.24) is 25.6 Å². The Balaban J connectivity index is 1.56. The Bertz CT molecular complexity index is 1040. The summed E-state index contributed by atoms with van der Waals surface area (Å²) >= 11 is 0. The van der Waals surface area contributed by atoms with Crippen LogP contribution >= 0.6 is 0 Å². The second-order valence-electron chi connectivity index (χ2n) is 4.91. The third kappa shape index (κ3) is 4.37. The largest absolute Gasteiger partial charge is 0.742 e. The fourth-order valence-electron chi connectivity index (χ4n) is 1.88. The summed E-state index contributed by atoms with van der Waals surface area (Å²) in [7, 11) is -4.68. The van der Waals surface area contributed by atoms with E-state index < -0.39 is 21.1 Å². The van der Waals surface area contributed by atoms with E-state index in [1.807, 2.05) is 30.3 Å². The predicted molar refractivity (Wildman–Crippen MR) is 85.7 cm³/mol. The lowest BCUT2D eigenvalue weighted by Crippen LogP contribution is -2.24. The molecule has 1 amide bonds. The van der Waals surface area contributed by atoms with E-state index in [9.17, 15) is 17.8 Å². The standard InChI is InChI=1S/C14H12N6O5S/c21-12(16-15-8-11-6-7-13(25-11)26(22,23)24)9-20-18-14(17-19-20)10-4-2-1-3-5-10/h1-8H,9H2,(H,16,21)(H,22,23,24)/p-1/b15-8-. The van der Waals surface area contributed by atoms with Crippen molar-refractivity contribution in [2.24, 2.45) is 5.10 Å². The van der Waals surface area contributed by atoms with Crippen molar-refractivity contribution in [2.45, 2.75) is 11.6 Å². The molecular formula is C14H11N6O5S-. The zero-order valence-corrected chi connectivity index (χ0v) is 13.8. The van der Waals surface area contributed by atoms with Crippen molar-refractivity contribution in [3.05, 3.63) is 48.2 Å². The van der Waals surface area contributed by atoms with E-state index in [1.165, 1.54) is 6.07 Å². The van der Waals surface area contributed by atoms with Gasteiger partial charge in [-0.15, -0.1) is 10.2 Å². The van der Waals surface area contributed by atoms with E-state index in [1.54, 1.807) is 0 Å². The van der Waals surface area contributed by atoms with Gasteiger partial charge in [0.25, 0.3) is 5.91 Å². The first-order valence-electron chi connectivity index (χ1n) is 7.13. The minimum atomic E-state index is -4.68. The van der Waals surface area contributed by atoms with Gasteiger partial charge in [0.15, 0.2) is 10.1 Å². The molecule has 3 aromatic rings. The summed E-state index contributed by atoms with van der Waals surface area (Å²) < 4.78 is 37.0. The highest BCUT2D eigenvalue weighted by Crippen LogP contribution is 2.12. The number of carbonyl (C=O) groups excluding carboxylic acids is 1. The molecule has 0 radical (unpaired) electrons. The molecule has 2 aromatic heterocycles. The third-order valence-corrected chi connectivity index (χ3v) is 3.71. The Kier molecular flexibility index (Phi) is 4.86. The fourth-order valence-corrected chi connectivity index (χ4v) is 2.32. The summed E-state index contributed by atoms with van der Waals surface area (Å²) in [5.74, 6) is -0.171. The minimum absolute atomic E-state index is 0.00929. The molecule has 1 N–H and O–H groups in total. The molecule has 0 aliphatic rings. The van der Waals surface area contributed by atoms with Gasteiger partial charge in [-0.3, -0.25) is 4.79 Å². The molecule has 0 aliphatic heterocycles. The number of hydrogen-bond donors (Lipinski definition) is 1. The van der Waals surface area contributed by atoms with Crippen LogP contribution in [0.4, 0.5) is 0 Å². The lowest BCUT2D eigenvalue weighted by molar-refractivity contribution is -0.122. The molecule has 0 saturated heterocycles. The average Bonchev–Trinajstić information content (AvgIpc) is 3.25. The maximum atomic E-state index is 11.8. The van der Waals surface area contributed by atoms with Crippen LogP contribution in [0.3, 0.4) is 0 Å². The summed E-state index contributed by atoms with van der Waals surface area (Å²) in [5, 5.41) is 14.6. The van der Waals surface area contributed by atoms with Gasteiger partial charge in [-0.1, -0.05) is 30.3 Å². The van der Waals surface area contributed by atoms with Crippen LogP contribution < -0.4 is 5.43 Å². The van der Waals surface area contributed by atoms with Crippen molar-refractivity contribution in [3.8, 4) is 11.4 Å². The van der Waals surface area contributed by atoms with Crippen LogP contribution in [0.15, 0.2) is 57.1 Å². The monoisotopic (exact) mass is 375 g/mol. The fraction of sp³-hybridized carbons (Fsp3) is 0.0714. The SMILES string of the molecule is O=C(Cn1nnc(-c2ccccc2)n1)N/N=C\c1ccc(S(=O)(=O)[O-])o1. The van der Waals surface area contributed by atoms with Gasteiger partial charge < -0.3 is 8.97 Å². The molecule has 0 spiro atoms. The maximum absolute atomic E-state index is 11.8. The number of hydrogen-bond acceptors (Lipinski definition) is 9. The van der Waals surface area contributed by atoms with Crippen molar-refractivity contribution in [2.75, 3.05) is 0 Å². The van der Waals surface area contributed by atoms with Crippen molar-refractivity contribution >= 4 is 22.2 Å². The van der Waals surface area contributed by atoms with Crippen LogP contribution in [0.25, 0.3) is 11.4 Å². The van der Waals surface area contributed by atoms with Crippen LogP contribution in [0, 0.1) is 0 Å². The number of aromatic nitrogens is 4. The summed E-state index contributed by atoms with van der Waals surface area (Å²) in [6, 6.07) is 11.4. The molecule has 0 saturated carbocycles. The molecule has 0 fully saturated rings. The maximum Gasteiger partial charge on any atom is 0.263 e. The van der Waals surface area contributed by atoms with Crippen LogP contribution in [0.1, 0.15) is 5.76 Å². The highest BCUT2D eigenvalue weighted by atomic mass is 32.2. The average molecular weight is 375 g/mol. The van der Waals surface area contributed by atoms with Gasteiger partial charge in [-0.2, -0.15) is 9.90 Å². The van der Waals surface area contributed by atoms with Gasteiger partial charge in [-0.05, 0) is 17.3 Å². The molecule has 1 aromatic carbocycles. The molecule has 134 valence electrons. The smallest absolute Gasteiger partial charge is 0.263 e. The Labute approximate surface area is 147 Å². The number of nitrogens with one attached hydrogen (secondary N) is 1. The Morgan fingerprint density at radius 3 is 2.73 bits per heavy atom. The number of furan rings is 1. The van der Waals surface area contributed by atoms with Gasteiger partial charge in [0.2, 0.25) is 10.9 Å². The number of hydrazone groups is 1. The number of benzene rings is 1. The molecule has 12 heteroatoms. The molecule has 0 atom stereocenters. The quantitative estimate of drug-likeness (QED) is 0.358. The molecule has 0 bridgehead atoms. The number of rotatable bonds is 6. The first-order chi connectivity index (χ1) is 12.4. The number of nitrogens with zero attached hydrogens (tertiary/aromatic N) is 5. The molecule has 3 rings (SSSR count). The lowest BCUT2D eigenvalue weighted by Gasteiger charge is -2.00. The molecule has 2 heterocycles. The van der Waals surface area contributed by atoms with E-state index in [0.717, 1.165) is 22.6 Å². The van der Waals surface area contributed by atoms with Crippen LogP contribution in [-0.4, -0.2) is 45.3 Å². The molecule has 11 nitrogen and oxygen atoms in total. The zero-order chi connectivity index (χ0) is 18.6. The van der Waals surface area contributed by atoms with Crippen LogP contribution in [-0.2, 0) is 21.5 Å². The summed E-state index contributed by atoms with van der Waals surface area (Å²) in [5.41, 5.74) is 2.95. The van der Waals surface area contributed by atoms with Gasteiger partial charge in [0, 0.05) is 5.56 Å². The summed E-state index contributed by atoms with van der Waals surface area (Å²) in [6.07, 6.45) is 1.05. The number of amides is 1. The number of tetrazole rings is 1. The highest BCUT2D eigenvalue weighted by molar-refractivity contribution is 7.85. The highest BCUT2D eigenvalue weighted by Gasteiger charge is 2.09. The van der Waals surface area contributed by atoms with E-state index in [2.05, 4.69) is 25.9 Å². The summed E-state index contributed by atoms with van der Waals surface area (Å²) in [6.45, 7) is -0.227. The summed E-state index contributed by atoms with van der Waals surface area (Å²) in [4.78, 5) is 12.9. The molecule has 0 aliphatic carbocycles. The van der Waals surface area contributed by atoms with Crippen molar-refractivity contribution < 1.29 is 22.2 Å². The Morgan fingerprint density at radius 2 is 2.04 bits per heavy atom. The van der Waals surface area contributed by atoms with Crippen LogP contribution in [0.2, 0.25) is 0 Å². The van der Waals surface area contributed by atoms with Crippen LogP contribution in [0.5, 0.6) is 0 Å². The van der Waals surface area contributed by atoms with Crippen molar-refractivity contribution in [3.63, 3.8) is 0 Å². The van der Waals surface area contributed by atoms with Gasteiger partial charge in [0.1, 0.15) is 12.3 Å². The first-order valence-corrected chi connectivity index (χ1v) is 8.53. The second-order valence-corrected chi connectivity index (χ2v) is 6.22. The van der Waals surface area contributed by atoms with Gasteiger partial charge in [0.05, 0.1) is 6.21 Å². The minimum Gasteiger partial charge on any atom is -0.742 e. The zero-order valence-electron chi connectivity index (χ0n) is 13.0. The predicted octanol–water partition coefficient (Wildman–Crippen LogP) is -0.0125. The van der Waals surface area contributed by atoms with E-state index in [4.69, 9.17) is 4.42 Å². The Morgan fingerprint density at radius 1 is 1.27 bits per heavy atom. The van der Waals surface area contributed by atoms with Crippen molar-refractivity contribution in [1.29, 1.82) is 0 Å². The van der Waals surface area contributed by atoms with E-state index in [-0.39, 0.29) is 12.3 Å². The first kappa shape index (κ1) is 17.4. The van der Waals surface area contributed by atoms with E-state index in [0.29, 0.717) is 5.82 Å². The second kappa shape index (κ2) is 7.25. The molecule has 0 unspecified atom stereocenters. The topological polar surface area (TPSA) is 155 Å². The van der Waals surface area contributed by atoms with E-state index >= 15 is 0 Å². The third-order valence-electron chi connectivity index (χ3n) is 3.00. The molecule has 26 heavy (non-hydrogen) atoms. The Hall–Kier alpha value is -3.38. The molecular weight excluding hydrogens is 364 g/mol. The van der Waals surface area contributed by atoms with Gasteiger partial charge in [-0.25, -0.2) is 13.8 Å². The lowest BCUT2D eigenvalue weighted by atomic mass is 10.2. The normalized spacial score (nSPS) is 11.7. The number of carbonyl (C=O) groups is 1. The van der Waals surface area contributed by atoms with Gasteiger partial charge >= 0.3 is 0 Å².